The number of nitrogens with zero attached hydrogens (tertiary/aromatic N) is 3. The number of aryl methyl sites for hydroxylation is 2. The minimum Gasteiger partial charge on any atom is -0.462 e. The van der Waals surface area contributed by atoms with Gasteiger partial charge in [-0.1, -0.05) is 54.1 Å². The van der Waals surface area contributed by atoms with E-state index in [1.165, 1.54) is 9.47 Å². The van der Waals surface area contributed by atoms with E-state index >= 15 is 0 Å². The van der Waals surface area contributed by atoms with Gasteiger partial charge in [0, 0.05) is 13.6 Å². The monoisotopic (exact) mass is 533 g/mol. The number of carbonyl (C=O) groups is 2. The molecule has 0 saturated carbocycles. The van der Waals surface area contributed by atoms with Crippen molar-refractivity contribution in [2.24, 2.45) is 0 Å². The molecular formula is C29H28ClN3O5. The Kier molecular flexibility index (Phi) is 7.83. The van der Waals surface area contributed by atoms with Gasteiger partial charge in [-0.25, -0.2) is 14.2 Å². The van der Waals surface area contributed by atoms with E-state index in [1.807, 2.05) is 30.3 Å². The fourth-order valence-electron chi connectivity index (χ4n) is 4.58. The third-order valence-electron chi connectivity index (χ3n) is 6.44. The maximum absolute atomic E-state index is 13.8. The molecule has 0 aliphatic carbocycles. The van der Waals surface area contributed by atoms with Crippen molar-refractivity contribution in [3.05, 3.63) is 109 Å². The molecule has 1 heterocycles. The Bertz CT molecular complexity index is 1660. The molecule has 0 radical (unpaired) electrons. The summed E-state index contributed by atoms with van der Waals surface area (Å²) in [6.45, 7) is 5.24. The van der Waals surface area contributed by atoms with Gasteiger partial charge in [-0.3, -0.25) is 14.2 Å². The first-order chi connectivity index (χ1) is 18.1. The first-order valence-electron chi connectivity index (χ1n) is 12.1. The van der Waals surface area contributed by atoms with E-state index < -0.39 is 17.2 Å². The van der Waals surface area contributed by atoms with Crippen LogP contribution < -0.4 is 11.2 Å². The third kappa shape index (κ3) is 4.99. The number of aromatic nitrogens is 2. The van der Waals surface area contributed by atoms with Crippen LogP contribution in [0.3, 0.4) is 0 Å². The van der Waals surface area contributed by atoms with E-state index in [0.29, 0.717) is 17.7 Å². The number of likely N-dealkylation sites (N-methyl/N-ethyl adjacent to an activating group) is 1. The highest BCUT2D eigenvalue weighted by molar-refractivity contribution is 6.32. The molecule has 0 aliphatic rings. The molecule has 38 heavy (non-hydrogen) atoms. The zero-order valence-corrected chi connectivity index (χ0v) is 22.4. The molecule has 0 aliphatic heterocycles. The van der Waals surface area contributed by atoms with Crippen LogP contribution in [0.5, 0.6) is 0 Å². The quantitative estimate of drug-likeness (QED) is 0.331. The van der Waals surface area contributed by atoms with Gasteiger partial charge < -0.3 is 9.64 Å². The van der Waals surface area contributed by atoms with Crippen molar-refractivity contribution in [2.75, 3.05) is 13.7 Å². The van der Waals surface area contributed by atoms with Crippen LogP contribution in [0.2, 0.25) is 5.02 Å². The van der Waals surface area contributed by atoms with Crippen molar-refractivity contribution in [1.29, 1.82) is 0 Å². The predicted molar refractivity (Wildman–Crippen MR) is 147 cm³/mol. The van der Waals surface area contributed by atoms with Crippen LogP contribution in [0.15, 0.2) is 70.3 Å². The molecule has 0 atom stereocenters. The number of ether oxygens (including phenoxy) is 1. The lowest BCUT2D eigenvalue weighted by Crippen LogP contribution is -2.42. The van der Waals surface area contributed by atoms with Gasteiger partial charge in [0.2, 0.25) is 5.91 Å². The largest absolute Gasteiger partial charge is 0.462 e. The van der Waals surface area contributed by atoms with Crippen molar-refractivity contribution in [2.45, 2.75) is 33.9 Å². The topological polar surface area (TPSA) is 90.6 Å². The van der Waals surface area contributed by atoms with Gasteiger partial charge in [0.15, 0.2) is 0 Å². The maximum Gasteiger partial charge on any atom is 0.338 e. The summed E-state index contributed by atoms with van der Waals surface area (Å²) in [5.41, 5.74) is 1.18. The van der Waals surface area contributed by atoms with Crippen LogP contribution in [0, 0.1) is 13.8 Å². The van der Waals surface area contributed by atoms with Crippen molar-refractivity contribution < 1.29 is 14.3 Å². The number of amides is 1. The fourth-order valence-corrected chi connectivity index (χ4v) is 4.80. The number of halogens is 1. The first-order valence-corrected chi connectivity index (χ1v) is 12.5. The van der Waals surface area contributed by atoms with Gasteiger partial charge in [0.25, 0.3) is 5.56 Å². The zero-order valence-electron chi connectivity index (χ0n) is 21.7. The van der Waals surface area contributed by atoms with Crippen molar-refractivity contribution in [1.82, 2.24) is 14.0 Å². The van der Waals surface area contributed by atoms with E-state index in [-0.39, 0.29) is 46.2 Å². The number of hydrogen-bond acceptors (Lipinski definition) is 5. The number of benzene rings is 3. The van der Waals surface area contributed by atoms with Crippen molar-refractivity contribution in [3.63, 3.8) is 0 Å². The number of carbonyl (C=O) groups excluding carboxylic acids is 2. The van der Waals surface area contributed by atoms with E-state index in [9.17, 15) is 19.2 Å². The normalized spacial score (nSPS) is 11.0. The number of para-hydroxylation sites is 1. The lowest BCUT2D eigenvalue weighted by molar-refractivity contribution is -0.131. The number of fused-ring (bicyclic) bond motifs is 1. The number of rotatable bonds is 7. The summed E-state index contributed by atoms with van der Waals surface area (Å²) in [6, 6.07) is 17.5. The highest BCUT2D eigenvalue weighted by Gasteiger charge is 2.25. The second-order valence-electron chi connectivity index (χ2n) is 9.00. The molecule has 4 aromatic rings. The maximum atomic E-state index is 13.8. The summed E-state index contributed by atoms with van der Waals surface area (Å²) in [5.74, 6) is -0.893. The Morgan fingerprint density at radius 2 is 1.66 bits per heavy atom. The van der Waals surface area contributed by atoms with E-state index in [0.717, 1.165) is 10.1 Å². The molecule has 3 aromatic carbocycles. The van der Waals surface area contributed by atoms with Gasteiger partial charge in [-0.2, -0.15) is 0 Å². The van der Waals surface area contributed by atoms with Gasteiger partial charge in [-0.15, -0.1) is 0 Å². The Morgan fingerprint density at radius 1 is 1.00 bits per heavy atom. The van der Waals surface area contributed by atoms with Crippen LogP contribution in [0.4, 0.5) is 0 Å². The Hall–Kier alpha value is -4.17. The molecular weight excluding hydrogens is 506 g/mol. The first kappa shape index (κ1) is 26.9. The van der Waals surface area contributed by atoms with Gasteiger partial charge in [0.1, 0.15) is 6.54 Å². The highest BCUT2D eigenvalue weighted by Crippen LogP contribution is 2.25. The van der Waals surface area contributed by atoms with Crippen LogP contribution in [0.25, 0.3) is 16.6 Å². The smallest absolute Gasteiger partial charge is 0.338 e. The lowest BCUT2D eigenvalue weighted by atomic mass is 9.98. The minimum absolute atomic E-state index is 0.136. The van der Waals surface area contributed by atoms with Crippen molar-refractivity contribution in [3.8, 4) is 5.69 Å². The summed E-state index contributed by atoms with van der Waals surface area (Å²) < 4.78 is 7.43. The molecule has 4 rings (SSSR count). The second-order valence-corrected chi connectivity index (χ2v) is 9.41. The molecule has 0 saturated heterocycles. The highest BCUT2D eigenvalue weighted by atomic mass is 35.5. The Balaban J connectivity index is 1.96. The van der Waals surface area contributed by atoms with E-state index in [1.54, 1.807) is 58.2 Å². The van der Waals surface area contributed by atoms with Gasteiger partial charge >= 0.3 is 11.7 Å². The molecule has 0 bridgehead atoms. The van der Waals surface area contributed by atoms with Crippen LogP contribution in [0.1, 0.15) is 34.0 Å². The van der Waals surface area contributed by atoms with E-state index in [2.05, 4.69) is 0 Å². The predicted octanol–water partition coefficient (Wildman–Crippen LogP) is 4.26. The second kappa shape index (κ2) is 11.1. The number of esters is 1. The average molecular weight is 534 g/mol. The van der Waals surface area contributed by atoms with Crippen LogP contribution in [-0.2, 0) is 22.6 Å². The third-order valence-corrected chi connectivity index (χ3v) is 6.76. The summed E-state index contributed by atoms with van der Waals surface area (Å²) in [7, 11) is 1.65. The molecule has 1 amide bonds. The molecule has 0 N–H and O–H groups in total. The molecule has 196 valence electrons. The number of hydrogen-bond donors (Lipinski definition) is 0. The Labute approximate surface area is 224 Å². The molecule has 0 fully saturated rings. The van der Waals surface area contributed by atoms with E-state index in [4.69, 9.17) is 16.3 Å². The van der Waals surface area contributed by atoms with Gasteiger partial charge in [-0.05, 0) is 55.7 Å². The standard InChI is InChI=1S/C29H28ClN3O5/c1-5-38-28(36)25-18(2)15-23-26(19(25)3)27(35)33(22-14-10-9-13-21(22)30)29(37)32(23)17-24(34)31(4)16-20-11-7-6-8-12-20/h6-15H,5,16-17H2,1-4H3. The minimum atomic E-state index is -0.709. The summed E-state index contributed by atoms with van der Waals surface area (Å²) >= 11 is 6.38. The molecule has 9 heteroatoms. The molecule has 8 nitrogen and oxygen atoms in total. The zero-order chi connectivity index (χ0) is 27.6. The molecule has 0 unspecified atom stereocenters. The average Bonchev–Trinajstić information content (AvgIpc) is 2.88. The summed E-state index contributed by atoms with van der Waals surface area (Å²) in [4.78, 5) is 55.2. The fraction of sp³-hybridized carbons (Fsp3) is 0.241. The van der Waals surface area contributed by atoms with Crippen LogP contribution in [-0.4, -0.2) is 39.6 Å². The van der Waals surface area contributed by atoms with Gasteiger partial charge in [0.05, 0.1) is 33.8 Å². The Morgan fingerprint density at radius 3 is 2.32 bits per heavy atom. The summed E-state index contributed by atoms with van der Waals surface area (Å²) in [6.07, 6.45) is 0. The lowest BCUT2D eigenvalue weighted by Gasteiger charge is -2.21. The van der Waals surface area contributed by atoms with Crippen molar-refractivity contribution >= 4 is 34.4 Å². The molecule has 0 spiro atoms. The SMILES string of the molecule is CCOC(=O)c1c(C)cc2c(c1C)c(=O)n(-c1ccccc1Cl)c(=O)n2CC(=O)N(C)Cc1ccccc1. The molecule has 1 aromatic heterocycles. The summed E-state index contributed by atoms with van der Waals surface area (Å²) in [5, 5.41) is 0.331. The van der Waals surface area contributed by atoms with Crippen LogP contribution >= 0.6 is 11.6 Å².